The van der Waals surface area contributed by atoms with Crippen LogP contribution in [0.1, 0.15) is 56.6 Å². The average molecular weight is 442 g/mol. The highest BCUT2D eigenvalue weighted by Crippen LogP contribution is 2.37. The Morgan fingerprint density at radius 2 is 1.91 bits per heavy atom. The van der Waals surface area contributed by atoms with E-state index in [1.807, 2.05) is 31.2 Å². The van der Waals surface area contributed by atoms with Crippen molar-refractivity contribution >= 4 is 17.8 Å². The van der Waals surface area contributed by atoms with E-state index in [2.05, 4.69) is 10.2 Å². The maximum absolute atomic E-state index is 13.0. The first-order valence-corrected chi connectivity index (χ1v) is 11.6. The van der Waals surface area contributed by atoms with Gasteiger partial charge in [-0.05, 0) is 52.3 Å². The number of hydrogen-bond donors (Lipinski definition) is 1. The van der Waals surface area contributed by atoms with E-state index in [1.165, 1.54) is 24.2 Å². The van der Waals surface area contributed by atoms with Crippen molar-refractivity contribution in [1.82, 2.24) is 15.1 Å². The molecule has 0 bridgehead atoms. The SMILES string of the molecule is CCOC(=O)C1=C(C)N(CC(=O)NCCN2CCCCC2)C(=O)CC1c1cccc(C)c1. The summed E-state index contributed by atoms with van der Waals surface area (Å²) in [6.07, 6.45) is 3.83. The summed E-state index contributed by atoms with van der Waals surface area (Å²) in [7, 11) is 0. The minimum absolute atomic E-state index is 0.0892. The first kappa shape index (κ1) is 24.0. The summed E-state index contributed by atoms with van der Waals surface area (Å²) in [6.45, 7) is 9.16. The minimum atomic E-state index is -0.431. The second-order valence-corrected chi connectivity index (χ2v) is 8.62. The maximum atomic E-state index is 13.0. The number of likely N-dealkylation sites (tertiary alicyclic amines) is 1. The quantitative estimate of drug-likeness (QED) is 0.628. The Labute approximate surface area is 190 Å². The molecule has 1 N–H and O–H groups in total. The van der Waals surface area contributed by atoms with Crippen molar-refractivity contribution in [3.05, 3.63) is 46.7 Å². The second-order valence-electron chi connectivity index (χ2n) is 8.62. The molecule has 3 rings (SSSR count). The van der Waals surface area contributed by atoms with Crippen molar-refractivity contribution in [1.29, 1.82) is 0 Å². The van der Waals surface area contributed by atoms with E-state index in [9.17, 15) is 14.4 Å². The van der Waals surface area contributed by atoms with Gasteiger partial charge in [0, 0.05) is 31.1 Å². The Kier molecular flexibility index (Phi) is 8.45. The largest absolute Gasteiger partial charge is 0.463 e. The van der Waals surface area contributed by atoms with Gasteiger partial charge in [0.2, 0.25) is 11.8 Å². The first-order valence-electron chi connectivity index (χ1n) is 11.6. The highest BCUT2D eigenvalue weighted by molar-refractivity contribution is 5.97. The smallest absolute Gasteiger partial charge is 0.336 e. The molecule has 0 aliphatic carbocycles. The zero-order valence-corrected chi connectivity index (χ0v) is 19.5. The Morgan fingerprint density at radius 1 is 1.16 bits per heavy atom. The Bertz CT molecular complexity index is 874. The number of carbonyl (C=O) groups is 3. The molecule has 1 atom stereocenters. The number of esters is 1. The van der Waals surface area contributed by atoms with Gasteiger partial charge in [0.15, 0.2) is 0 Å². The van der Waals surface area contributed by atoms with Crippen molar-refractivity contribution < 1.29 is 19.1 Å². The molecule has 7 heteroatoms. The number of benzene rings is 1. The normalized spacial score (nSPS) is 19.8. The van der Waals surface area contributed by atoms with Crippen LogP contribution in [-0.4, -0.2) is 66.9 Å². The van der Waals surface area contributed by atoms with Crippen LogP contribution in [0.2, 0.25) is 0 Å². The molecule has 1 aromatic carbocycles. The van der Waals surface area contributed by atoms with E-state index in [4.69, 9.17) is 4.74 Å². The molecule has 2 aliphatic rings. The summed E-state index contributed by atoms with van der Waals surface area (Å²) < 4.78 is 5.31. The molecule has 7 nitrogen and oxygen atoms in total. The lowest BCUT2D eigenvalue weighted by atomic mass is 9.83. The van der Waals surface area contributed by atoms with Crippen LogP contribution in [0.3, 0.4) is 0 Å². The van der Waals surface area contributed by atoms with Crippen LogP contribution in [0.4, 0.5) is 0 Å². The molecule has 1 saturated heterocycles. The highest BCUT2D eigenvalue weighted by Gasteiger charge is 2.37. The third-order valence-corrected chi connectivity index (χ3v) is 6.26. The van der Waals surface area contributed by atoms with Gasteiger partial charge in [-0.15, -0.1) is 0 Å². The zero-order valence-electron chi connectivity index (χ0n) is 19.5. The van der Waals surface area contributed by atoms with Gasteiger partial charge in [-0.3, -0.25) is 9.59 Å². The van der Waals surface area contributed by atoms with Gasteiger partial charge < -0.3 is 19.9 Å². The molecule has 0 spiro atoms. The van der Waals surface area contributed by atoms with Gasteiger partial charge in [-0.25, -0.2) is 4.79 Å². The first-order chi connectivity index (χ1) is 15.4. The molecule has 0 aromatic heterocycles. The molecule has 2 aliphatic heterocycles. The molecule has 1 fully saturated rings. The van der Waals surface area contributed by atoms with Crippen molar-refractivity contribution in [2.45, 2.75) is 52.4 Å². The van der Waals surface area contributed by atoms with Crippen LogP contribution in [0.15, 0.2) is 35.5 Å². The van der Waals surface area contributed by atoms with Crippen LogP contribution in [0, 0.1) is 6.92 Å². The molecule has 1 aromatic rings. The molecular weight excluding hydrogens is 406 g/mol. The number of nitrogens with one attached hydrogen (secondary N) is 1. The number of allylic oxidation sites excluding steroid dienone is 1. The lowest BCUT2D eigenvalue weighted by molar-refractivity contribution is -0.141. The third kappa shape index (κ3) is 5.97. The topological polar surface area (TPSA) is 79.0 Å². The summed E-state index contributed by atoms with van der Waals surface area (Å²) >= 11 is 0. The fourth-order valence-corrected chi connectivity index (χ4v) is 4.58. The van der Waals surface area contributed by atoms with Crippen molar-refractivity contribution in [3.63, 3.8) is 0 Å². The number of carbonyl (C=O) groups excluding carboxylic acids is 3. The fraction of sp³-hybridized carbons (Fsp3) is 0.560. The number of rotatable bonds is 8. The standard InChI is InChI=1S/C25H35N3O4/c1-4-32-25(31)24-19(3)28(17-22(29)26-11-14-27-12-6-5-7-13-27)23(30)16-21(24)20-10-8-9-18(2)15-20/h8-10,15,21H,4-7,11-14,16-17H2,1-3H3,(H,26,29). The van der Waals surface area contributed by atoms with Gasteiger partial charge >= 0.3 is 5.97 Å². The van der Waals surface area contributed by atoms with E-state index in [0.29, 0.717) is 17.8 Å². The lowest BCUT2D eigenvalue weighted by Gasteiger charge is -2.34. The third-order valence-electron chi connectivity index (χ3n) is 6.26. The molecule has 1 unspecified atom stereocenters. The monoisotopic (exact) mass is 441 g/mol. The predicted molar refractivity (Wildman–Crippen MR) is 123 cm³/mol. The Balaban J connectivity index is 1.73. The number of hydrogen-bond acceptors (Lipinski definition) is 5. The summed E-state index contributed by atoms with van der Waals surface area (Å²) in [6, 6.07) is 7.83. The minimum Gasteiger partial charge on any atom is -0.463 e. The van der Waals surface area contributed by atoms with Crippen molar-refractivity contribution in [2.24, 2.45) is 0 Å². The lowest BCUT2D eigenvalue weighted by Crippen LogP contribution is -2.45. The number of ether oxygens (including phenoxy) is 1. The van der Waals surface area contributed by atoms with E-state index >= 15 is 0 Å². The number of piperidine rings is 1. The Hall–Kier alpha value is -2.67. The number of nitrogens with zero attached hydrogens (tertiary/aromatic N) is 2. The molecule has 0 radical (unpaired) electrons. The van der Waals surface area contributed by atoms with Crippen LogP contribution in [-0.2, 0) is 19.1 Å². The van der Waals surface area contributed by atoms with Crippen molar-refractivity contribution in [3.8, 4) is 0 Å². The summed E-state index contributed by atoms with van der Waals surface area (Å²) in [5.74, 6) is -1.18. The average Bonchev–Trinajstić information content (AvgIpc) is 2.77. The highest BCUT2D eigenvalue weighted by atomic mass is 16.5. The van der Waals surface area contributed by atoms with Gasteiger partial charge in [-0.1, -0.05) is 36.2 Å². The van der Waals surface area contributed by atoms with Gasteiger partial charge in [-0.2, -0.15) is 0 Å². The molecular formula is C25H35N3O4. The van der Waals surface area contributed by atoms with Crippen LogP contribution < -0.4 is 5.32 Å². The molecule has 0 saturated carbocycles. The van der Waals surface area contributed by atoms with E-state index in [1.54, 1.807) is 13.8 Å². The van der Waals surface area contributed by atoms with Crippen molar-refractivity contribution in [2.75, 3.05) is 39.3 Å². The Morgan fingerprint density at radius 3 is 2.59 bits per heavy atom. The predicted octanol–water partition coefficient (Wildman–Crippen LogP) is 2.75. The van der Waals surface area contributed by atoms with E-state index in [-0.39, 0.29) is 37.3 Å². The van der Waals surface area contributed by atoms with E-state index < -0.39 is 5.97 Å². The number of amides is 2. The van der Waals surface area contributed by atoms with E-state index in [0.717, 1.165) is 30.8 Å². The van der Waals surface area contributed by atoms with Gasteiger partial charge in [0.1, 0.15) is 6.54 Å². The molecule has 174 valence electrons. The summed E-state index contributed by atoms with van der Waals surface area (Å²) in [5, 5.41) is 2.92. The molecule has 2 heterocycles. The van der Waals surface area contributed by atoms with Gasteiger partial charge in [0.05, 0.1) is 12.2 Å². The second kappa shape index (κ2) is 11.3. The van der Waals surface area contributed by atoms with Crippen LogP contribution >= 0.6 is 0 Å². The maximum Gasteiger partial charge on any atom is 0.336 e. The summed E-state index contributed by atoms with van der Waals surface area (Å²) in [4.78, 5) is 42.2. The molecule has 32 heavy (non-hydrogen) atoms. The number of aryl methyl sites for hydroxylation is 1. The van der Waals surface area contributed by atoms with Gasteiger partial charge in [0.25, 0.3) is 0 Å². The zero-order chi connectivity index (χ0) is 23.1. The molecule has 2 amide bonds. The van der Waals surface area contributed by atoms with Crippen LogP contribution in [0.5, 0.6) is 0 Å². The summed E-state index contributed by atoms with van der Waals surface area (Å²) in [5.41, 5.74) is 2.92. The fourth-order valence-electron chi connectivity index (χ4n) is 4.58. The van der Waals surface area contributed by atoms with Crippen LogP contribution in [0.25, 0.3) is 0 Å².